The minimum Gasteiger partial charge on any atom is -0.456 e. The second-order valence-electron chi connectivity index (χ2n) is 29.5. The minimum absolute atomic E-state index is 0.712. The molecule has 0 bridgehead atoms. The Hall–Kier alpha value is -14.9. The summed E-state index contributed by atoms with van der Waals surface area (Å²) in [5.74, 6) is 0. The Balaban J connectivity index is 0.864. The third-order valence-electron chi connectivity index (χ3n) is 23.0. The summed E-state index contributed by atoms with van der Waals surface area (Å²) in [4.78, 5) is 15.9. The average molecular weight is 1430 g/mol. The van der Waals surface area contributed by atoms with Crippen LogP contribution in [0.3, 0.4) is 0 Å². The number of hydrogen-bond acceptors (Lipinski definition) is 7. The van der Waals surface area contributed by atoms with Gasteiger partial charge in [0.1, 0.15) is 27.9 Å². The number of fused-ring (bicyclic) bond motifs is 10. The lowest BCUT2D eigenvalue weighted by Crippen LogP contribution is -2.11. The van der Waals surface area contributed by atoms with Gasteiger partial charge in [0.05, 0.1) is 39.7 Å². The third kappa shape index (κ3) is 9.93. The summed E-state index contributed by atoms with van der Waals surface area (Å²) in [5.41, 5.74) is 24.5. The fourth-order valence-electron chi connectivity index (χ4n) is 18.0. The zero-order valence-corrected chi connectivity index (χ0v) is 60.7. The Morgan fingerprint density at radius 3 is 1.62 bits per heavy atom. The largest absolute Gasteiger partial charge is 0.456 e. The monoisotopic (exact) mass is 1430 g/mol. The van der Waals surface area contributed by atoms with Crippen molar-refractivity contribution in [2.75, 3.05) is 9.80 Å². The quantitative estimate of drug-likeness (QED) is 0.113. The molecule has 0 radical (unpaired) electrons. The van der Waals surface area contributed by atoms with E-state index in [1.807, 2.05) is 18.3 Å². The number of aromatic nitrogens is 2. The summed E-state index contributed by atoms with van der Waals surface area (Å²) in [6, 6.07) is 131. The Morgan fingerprint density at radius 1 is 0.250 bits per heavy atom. The molecule has 0 spiro atoms. The first kappa shape index (κ1) is 63.2. The van der Waals surface area contributed by atoms with Gasteiger partial charge in [0.25, 0.3) is 0 Å². The fourth-order valence-corrected chi connectivity index (χ4v) is 18.0. The highest BCUT2D eigenvalue weighted by Crippen LogP contribution is 2.55. The molecule has 23 aromatic rings. The predicted octanol–water partition coefficient (Wildman–Crippen LogP) is 29.8. The van der Waals surface area contributed by atoms with Crippen LogP contribution in [0, 0.1) is 6.92 Å². The lowest BCUT2D eigenvalue weighted by molar-refractivity contribution is 0.669. The van der Waals surface area contributed by atoms with Gasteiger partial charge in [-0.15, -0.1) is 0 Å². The Kier molecular flexibility index (Phi) is 14.2. The van der Waals surface area contributed by atoms with Gasteiger partial charge in [-0.2, -0.15) is 0 Å². The van der Waals surface area contributed by atoms with Crippen LogP contribution in [0.15, 0.2) is 383 Å². The molecule has 18 aromatic carbocycles. The number of pyridine rings is 2. The van der Waals surface area contributed by atoms with Crippen molar-refractivity contribution in [1.29, 1.82) is 0 Å². The molecule has 0 N–H and O–H groups in total. The summed E-state index contributed by atoms with van der Waals surface area (Å²) in [7, 11) is 0. The maximum absolute atomic E-state index is 8.27. The van der Waals surface area contributed by atoms with Gasteiger partial charge in [-0.25, -0.2) is 4.98 Å². The smallest absolute Gasteiger partial charge is 0.160 e. The second-order valence-corrected chi connectivity index (χ2v) is 29.5. The maximum Gasteiger partial charge on any atom is 0.160 e. The van der Waals surface area contributed by atoms with E-state index in [9.17, 15) is 0 Å². The molecule has 7 heteroatoms. The van der Waals surface area contributed by atoms with Crippen LogP contribution in [0.25, 0.3) is 198 Å². The molecule has 0 aliphatic rings. The Bertz CT molecular complexity index is 7770. The summed E-state index contributed by atoms with van der Waals surface area (Å²) in [5, 5.41) is 17.7. The van der Waals surface area contributed by atoms with Crippen LogP contribution in [0.4, 0.5) is 34.1 Å². The summed E-state index contributed by atoms with van der Waals surface area (Å²) < 4.78 is 22.6. The van der Waals surface area contributed by atoms with E-state index in [4.69, 9.17) is 23.2 Å². The molecule has 0 unspecified atom stereocenters. The van der Waals surface area contributed by atoms with Crippen LogP contribution in [-0.4, -0.2) is 9.97 Å². The standard InChI is InChI=1S/C105H64N4O3/c1-63-23-17-33-72(55-63)108(93-45-22-39-77-75(38-20-40-79(77)93)66-28-9-4-10-29-66)74-60-89-81-50-51-86(102-83-49-47-69(65-26-7-3-8-27-65)57-87(83)78-36-13-15-43-91(78)107-102)104-100(81)101-82(52-54-94(105(101)112-104)109(92-44-19-31-67-30-11-12-35-76(67)92)73-34-18-32-68(56-73)64-24-5-2-6-25-64)88-58-71(59-96-98(88)99(89)97(61-74)110-96)70-48-53-90(106-62-70)85-42-21-41-84-80-37-14-16-46-95(80)111-103(84)85/h2-62H,1H3. The minimum atomic E-state index is 0.712. The topological polar surface area (TPSA) is 71.7 Å². The number of nitrogens with zero attached hydrogens (tertiary/aromatic N) is 4. The lowest BCUT2D eigenvalue weighted by atomic mass is 9.90. The summed E-state index contributed by atoms with van der Waals surface area (Å²) in [6.45, 7) is 2.17. The molecular weight excluding hydrogens is 1370 g/mol. The van der Waals surface area contributed by atoms with Crippen molar-refractivity contribution in [1.82, 2.24) is 9.97 Å². The Morgan fingerprint density at radius 2 is 0.830 bits per heavy atom. The van der Waals surface area contributed by atoms with Gasteiger partial charge in [0, 0.05) is 94.2 Å². The van der Waals surface area contributed by atoms with Gasteiger partial charge >= 0.3 is 0 Å². The summed E-state index contributed by atoms with van der Waals surface area (Å²) >= 11 is 0. The van der Waals surface area contributed by atoms with E-state index < -0.39 is 0 Å². The normalized spacial score (nSPS) is 12.0. The number of para-hydroxylation sites is 3. The molecule has 5 aromatic heterocycles. The zero-order valence-electron chi connectivity index (χ0n) is 60.7. The second kappa shape index (κ2) is 25.1. The van der Waals surface area contributed by atoms with Gasteiger partial charge in [-0.1, -0.05) is 261 Å². The van der Waals surface area contributed by atoms with Crippen LogP contribution in [-0.2, 0) is 0 Å². The number of benzene rings is 17. The highest BCUT2D eigenvalue weighted by molar-refractivity contribution is 6.39. The van der Waals surface area contributed by atoms with Crippen LogP contribution < -0.4 is 9.80 Å². The molecule has 112 heavy (non-hydrogen) atoms. The van der Waals surface area contributed by atoms with Gasteiger partial charge in [0.15, 0.2) is 5.58 Å². The van der Waals surface area contributed by atoms with Gasteiger partial charge in [0.2, 0.25) is 0 Å². The zero-order chi connectivity index (χ0) is 73.6. The van der Waals surface area contributed by atoms with Crippen molar-refractivity contribution in [3.05, 3.63) is 376 Å². The molecule has 5 heterocycles. The van der Waals surface area contributed by atoms with Crippen molar-refractivity contribution in [3.63, 3.8) is 0 Å². The molecule has 522 valence electrons. The van der Waals surface area contributed by atoms with E-state index in [-0.39, 0.29) is 0 Å². The van der Waals surface area contributed by atoms with Crippen molar-refractivity contribution in [2.45, 2.75) is 6.92 Å². The average Bonchev–Trinajstić information content (AvgIpc) is 1.52. The molecule has 0 atom stereocenters. The molecule has 0 saturated carbocycles. The molecule has 7 nitrogen and oxygen atoms in total. The number of furan rings is 3. The van der Waals surface area contributed by atoms with E-state index in [1.165, 1.54) is 0 Å². The van der Waals surface area contributed by atoms with Crippen molar-refractivity contribution >= 4 is 165 Å². The van der Waals surface area contributed by atoms with E-state index in [0.29, 0.717) is 11.2 Å². The molecule has 23 rings (SSSR count). The molecule has 0 aliphatic heterocycles. The number of aryl methyl sites for hydroxylation is 1. The van der Waals surface area contributed by atoms with Crippen molar-refractivity contribution in [2.24, 2.45) is 0 Å². The molecular formula is C105H64N4O3. The first-order chi connectivity index (χ1) is 55.4. The van der Waals surface area contributed by atoms with Crippen LogP contribution in [0.5, 0.6) is 0 Å². The SMILES string of the molecule is Cc1cccc(N(c2cc3oc4cc(-c5ccc(-c6cccc7c6oc6ccccc67)nc5)cc5c6ccc(N(c7cccc(-c8ccccc8)c7)c7cccc8ccccc78)c7oc8c(-c9nc%10ccccc%10c%10cc(-c%11ccccc%11)ccc9%10)ccc(c(c2)c3c45)c8c76)c2cccc3c(-c4ccccc4)cccc23)c1. The molecule has 0 fully saturated rings. The van der Waals surface area contributed by atoms with E-state index in [0.717, 1.165) is 226 Å². The third-order valence-corrected chi connectivity index (χ3v) is 23.0. The number of hydrogen-bond donors (Lipinski definition) is 0. The Labute approximate surface area is 643 Å². The van der Waals surface area contributed by atoms with E-state index >= 15 is 0 Å². The molecule has 0 saturated heterocycles. The van der Waals surface area contributed by atoms with Crippen LogP contribution in [0.2, 0.25) is 0 Å². The fraction of sp³-hybridized carbons (Fsp3) is 0.00952. The molecule has 0 aliphatic carbocycles. The molecule has 0 amide bonds. The van der Waals surface area contributed by atoms with Gasteiger partial charge < -0.3 is 23.1 Å². The van der Waals surface area contributed by atoms with Gasteiger partial charge in [-0.05, 0) is 186 Å². The first-order valence-electron chi connectivity index (χ1n) is 38.1. The number of anilines is 6. The number of rotatable bonds is 12. The van der Waals surface area contributed by atoms with Crippen molar-refractivity contribution in [3.8, 4) is 67.0 Å². The highest BCUT2D eigenvalue weighted by atomic mass is 16.3. The van der Waals surface area contributed by atoms with E-state index in [1.54, 1.807) is 0 Å². The van der Waals surface area contributed by atoms with Crippen LogP contribution >= 0.6 is 0 Å². The maximum atomic E-state index is 8.27. The predicted molar refractivity (Wildman–Crippen MR) is 467 cm³/mol. The first-order valence-corrected chi connectivity index (χ1v) is 38.1. The van der Waals surface area contributed by atoms with Crippen LogP contribution in [0.1, 0.15) is 5.56 Å². The highest BCUT2D eigenvalue weighted by Gasteiger charge is 2.31. The lowest BCUT2D eigenvalue weighted by Gasteiger charge is -2.28. The van der Waals surface area contributed by atoms with E-state index in [2.05, 4.69) is 369 Å². The summed E-state index contributed by atoms with van der Waals surface area (Å²) in [6.07, 6.45) is 2.00. The van der Waals surface area contributed by atoms with Gasteiger partial charge in [-0.3, -0.25) is 4.98 Å². The van der Waals surface area contributed by atoms with Crippen molar-refractivity contribution < 1.29 is 13.3 Å².